The molecule has 4 nitrogen and oxygen atoms in total. The SMILES string of the molecule is COc1c(Cl)cc2c(=O)cc(CC(=O)c3ccccc3)oc2c1Cl. The summed E-state index contributed by atoms with van der Waals surface area (Å²) in [5, 5.41) is 0.559. The Hall–Kier alpha value is -2.30. The van der Waals surface area contributed by atoms with Gasteiger partial charge in [0.05, 0.1) is 23.9 Å². The summed E-state index contributed by atoms with van der Waals surface area (Å²) < 4.78 is 10.8. The van der Waals surface area contributed by atoms with E-state index >= 15 is 0 Å². The van der Waals surface area contributed by atoms with E-state index in [9.17, 15) is 9.59 Å². The van der Waals surface area contributed by atoms with Crippen molar-refractivity contribution in [2.75, 3.05) is 7.11 Å². The zero-order valence-electron chi connectivity index (χ0n) is 12.6. The van der Waals surface area contributed by atoms with Crippen molar-refractivity contribution >= 4 is 40.0 Å². The van der Waals surface area contributed by atoms with Crippen LogP contribution in [0.25, 0.3) is 11.0 Å². The number of Topliss-reactive ketones (excluding diaryl/α,β-unsaturated/α-hetero) is 1. The Bertz CT molecular complexity index is 978. The lowest BCUT2D eigenvalue weighted by atomic mass is 10.1. The van der Waals surface area contributed by atoms with Crippen molar-refractivity contribution in [3.63, 3.8) is 0 Å². The fraction of sp³-hybridized carbons (Fsp3) is 0.111. The fourth-order valence-electron chi connectivity index (χ4n) is 2.41. The average Bonchev–Trinajstić information content (AvgIpc) is 2.57. The summed E-state index contributed by atoms with van der Waals surface area (Å²) >= 11 is 12.3. The van der Waals surface area contributed by atoms with E-state index in [1.807, 2.05) is 6.07 Å². The van der Waals surface area contributed by atoms with Crippen molar-refractivity contribution in [2.45, 2.75) is 6.42 Å². The van der Waals surface area contributed by atoms with Crippen molar-refractivity contribution < 1.29 is 13.9 Å². The minimum atomic E-state index is -0.321. The summed E-state index contributed by atoms with van der Waals surface area (Å²) in [4.78, 5) is 24.6. The van der Waals surface area contributed by atoms with Crippen molar-refractivity contribution in [2.24, 2.45) is 0 Å². The summed E-state index contributed by atoms with van der Waals surface area (Å²) in [6.07, 6.45) is -0.0452. The molecule has 1 aromatic heterocycles. The number of carbonyl (C=O) groups is 1. The zero-order chi connectivity index (χ0) is 17.3. The van der Waals surface area contributed by atoms with Crippen LogP contribution in [-0.4, -0.2) is 12.9 Å². The summed E-state index contributed by atoms with van der Waals surface area (Å²) in [7, 11) is 1.42. The molecule has 0 bridgehead atoms. The van der Waals surface area contributed by atoms with E-state index < -0.39 is 0 Å². The van der Waals surface area contributed by atoms with Crippen LogP contribution in [0.1, 0.15) is 16.1 Å². The quantitative estimate of drug-likeness (QED) is 0.639. The first-order chi connectivity index (χ1) is 11.5. The van der Waals surface area contributed by atoms with E-state index in [0.717, 1.165) is 0 Å². The first-order valence-electron chi connectivity index (χ1n) is 7.08. The molecule has 0 fully saturated rings. The monoisotopic (exact) mass is 362 g/mol. The maximum atomic E-state index is 12.3. The van der Waals surface area contributed by atoms with Gasteiger partial charge in [-0.3, -0.25) is 9.59 Å². The number of methoxy groups -OCH3 is 1. The third-order valence-corrected chi connectivity index (χ3v) is 4.18. The average molecular weight is 363 g/mol. The van der Waals surface area contributed by atoms with Crippen LogP contribution in [0.4, 0.5) is 0 Å². The van der Waals surface area contributed by atoms with Crippen molar-refractivity contribution in [3.05, 3.63) is 74.1 Å². The Morgan fingerprint density at radius 3 is 2.54 bits per heavy atom. The number of hydrogen-bond donors (Lipinski definition) is 0. The van der Waals surface area contributed by atoms with Crippen LogP contribution >= 0.6 is 23.2 Å². The predicted octanol–water partition coefficient (Wildman–Crippen LogP) is 4.53. The maximum absolute atomic E-state index is 12.3. The fourth-order valence-corrected chi connectivity index (χ4v) is 3.06. The molecule has 0 radical (unpaired) electrons. The number of ketones is 1. The van der Waals surface area contributed by atoms with Gasteiger partial charge in [0, 0.05) is 11.6 Å². The molecule has 0 N–H and O–H groups in total. The zero-order valence-corrected chi connectivity index (χ0v) is 14.1. The van der Waals surface area contributed by atoms with Gasteiger partial charge in [-0.05, 0) is 6.07 Å². The lowest BCUT2D eigenvalue weighted by Gasteiger charge is -2.09. The van der Waals surface area contributed by atoms with Crippen LogP contribution in [-0.2, 0) is 6.42 Å². The molecule has 0 spiro atoms. The smallest absolute Gasteiger partial charge is 0.193 e. The molecule has 3 aromatic rings. The predicted molar refractivity (Wildman–Crippen MR) is 93.5 cm³/mol. The minimum Gasteiger partial charge on any atom is -0.493 e. The molecule has 0 aliphatic heterocycles. The summed E-state index contributed by atoms with van der Waals surface area (Å²) in [5.41, 5.74) is 0.375. The highest BCUT2D eigenvalue weighted by atomic mass is 35.5. The lowest BCUT2D eigenvalue weighted by Crippen LogP contribution is -2.08. The Morgan fingerprint density at radius 1 is 1.17 bits per heavy atom. The number of ether oxygens (including phenoxy) is 1. The van der Waals surface area contributed by atoms with Gasteiger partial charge >= 0.3 is 0 Å². The van der Waals surface area contributed by atoms with Gasteiger partial charge in [0.15, 0.2) is 22.5 Å². The highest BCUT2D eigenvalue weighted by molar-refractivity contribution is 6.40. The maximum Gasteiger partial charge on any atom is 0.193 e. The molecule has 0 saturated heterocycles. The van der Waals surface area contributed by atoms with E-state index in [2.05, 4.69) is 0 Å². The summed E-state index contributed by atoms with van der Waals surface area (Å²) in [6.45, 7) is 0. The second-order valence-electron chi connectivity index (χ2n) is 5.13. The minimum absolute atomic E-state index is 0.0452. The molecular formula is C18H12Cl2O4. The standard InChI is InChI=1S/C18H12Cl2O4/c1-23-18-13(19)9-12-15(22)8-11(24-17(12)16(18)20)7-14(21)10-5-3-2-4-6-10/h2-6,8-9H,7H2,1H3. The van der Waals surface area contributed by atoms with Gasteiger partial charge in [-0.2, -0.15) is 0 Å². The van der Waals surface area contributed by atoms with Crippen LogP contribution in [0, 0.1) is 0 Å². The van der Waals surface area contributed by atoms with Crippen molar-refractivity contribution in [3.8, 4) is 5.75 Å². The second-order valence-corrected chi connectivity index (χ2v) is 5.91. The van der Waals surface area contributed by atoms with Crippen LogP contribution in [0.2, 0.25) is 10.0 Å². The molecule has 122 valence electrons. The number of halogens is 2. The van der Waals surface area contributed by atoms with Crippen LogP contribution in [0.15, 0.2) is 51.7 Å². The Balaban J connectivity index is 2.07. The highest BCUT2D eigenvalue weighted by Crippen LogP contribution is 2.38. The van der Waals surface area contributed by atoms with Gasteiger partial charge in [0.2, 0.25) is 0 Å². The van der Waals surface area contributed by atoms with Gasteiger partial charge < -0.3 is 9.15 Å². The van der Waals surface area contributed by atoms with Gasteiger partial charge in [0.25, 0.3) is 0 Å². The van der Waals surface area contributed by atoms with E-state index in [1.165, 1.54) is 19.2 Å². The molecule has 24 heavy (non-hydrogen) atoms. The van der Waals surface area contributed by atoms with Crippen molar-refractivity contribution in [1.29, 1.82) is 0 Å². The Kier molecular flexibility index (Phi) is 4.60. The lowest BCUT2D eigenvalue weighted by molar-refractivity contribution is 0.0987. The van der Waals surface area contributed by atoms with Crippen LogP contribution in [0.3, 0.4) is 0 Å². The first kappa shape index (κ1) is 16.6. The molecular weight excluding hydrogens is 351 g/mol. The summed E-state index contributed by atoms with van der Waals surface area (Å²) in [5.74, 6) is 0.295. The number of fused-ring (bicyclic) bond motifs is 1. The number of carbonyl (C=O) groups excluding carboxylic acids is 1. The van der Waals surface area contributed by atoms with Crippen LogP contribution < -0.4 is 10.2 Å². The molecule has 2 aromatic carbocycles. The van der Waals surface area contributed by atoms with Crippen molar-refractivity contribution in [1.82, 2.24) is 0 Å². The molecule has 0 amide bonds. The normalized spacial score (nSPS) is 10.8. The van der Waals surface area contributed by atoms with E-state index in [-0.39, 0.29) is 50.2 Å². The van der Waals surface area contributed by atoms with E-state index in [0.29, 0.717) is 5.56 Å². The highest BCUT2D eigenvalue weighted by Gasteiger charge is 2.17. The first-order valence-corrected chi connectivity index (χ1v) is 7.84. The Morgan fingerprint density at radius 2 is 1.88 bits per heavy atom. The molecule has 0 unspecified atom stereocenters. The third kappa shape index (κ3) is 3.03. The summed E-state index contributed by atoms with van der Waals surface area (Å²) in [6, 6.07) is 11.5. The third-order valence-electron chi connectivity index (χ3n) is 3.56. The van der Waals surface area contributed by atoms with Gasteiger partial charge in [-0.15, -0.1) is 0 Å². The van der Waals surface area contributed by atoms with Crippen LogP contribution in [0.5, 0.6) is 5.75 Å². The largest absolute Gasteiger partial charge is 0.493 e. The van der Waals surface area contributed by atoms with E-state index in [4.69, 9.17) is 32.4 Å². The molecule has 1 heterocycles. The molecule has 0 aliphatic rings. The van der Waals surface area contributed by atoms with Gasteiger partial charge in [-0.1, -0.05) is 53.5 Å². The van der Waals surface area contributed by atoms with Gasteiger partial charge in [0.1, 0.15) is 10.8 Å². The number of rotatable bonds is 4. The number of benzene rings is 2. The number of hydrogen-bond acceptors (Lipinski definition) is 4. The molecule has 0 saturated carbocycles. The Labute approximate surface area is 147 Å². The second kappa shape index (κ2) is 6.67. The molecule has 3 rings (SSSR count). The molecule has 0 aliphatic carbocycles. The molecule has 6 heteroatoms. The topological polar surface area (TPSA) is 56.5 Å². The molecule has 0 atom stereocenters. The van der Waals surface area contributed by atoms with Gasteiger partial charge in [-0.25, -0.2) is 0 Å². The van der Waals surface area contributed by atoms with E-state index in [1.54, 1.807) is 24.3 Å².